The zero-order valence-electron chi connectivity index (χ0n) is 14.3. The summed E-state index contributed by atoms with van der Waals surface area (Å²) in [6.07, 6.45) is 4.46. The first-order valence-electron chi connectivity index (χ1n) is 8.49. The molecular weight excluding hydrogens is 330 g/mol. The Kier molecular flexibility index (Phi) is 4.08. The normalized spacial score (nSPS) is 12.7. The SMILES string of the molecule is Cc1ccnc(-c2ccc(Oc3c([N+](=O)[O-])ccc4c3CCC4)cc2)n1. The van der Waals surface area contributed by atoms with E-state index in [2.05, 4.69) is 9.97 Å². The number of nitro groups is 1. The average molecular weight is 347 g/mol. The predicted octanol–water partition coefficient (Wildman–Crippen LogP) is 4.64. The van der Waals surface area contributed by atoms with Crippen molar-refractivity contribution in [3.8, 4) is 22.9 Å². The largest absolute Gasteiger partial charge is 0.450 e. The minimum Gasteiger partial charge on any atom is -0.450 e. The Balaban J connectivity index is 1.66. The van der Waals surface area contributed by atoms with Crippen molar-refractivity contribution >= 4 is 5.69 Å². The topological polar surface area (TPSA) is 78.2 Å². The maximum absolute atomic E-state index is 11.4. The van der Waals surface area contributed by atoms with Crippen molar-refractivity contribution in [3.05, 3.63) is 75.6 Å². The van der Waals surface area contributed by atoms with Gasteiger partial charge in [-0.05, 0) is 62.1 Å². The molecule has 0 amide bonds. The molecule has 0 aliphatic heterocycles. The molecule has 6 nitrogen and oxygen atoms in total. The van der Waals surface area contributed by atoms with Gasteiger partial charge in [0.25, 0.3) is 0 Å². The van der Waals surface area contributed by atoms with Gasteiger partial charge in [-0.2, -0.15) is 0 Å². The summed E-state index contributed by atoms with van der Waals surface area (Å²) in [7, 11) is 0. The van der Waals surface area contributed by atoms with E-state index in [9.17, 15) is 10.1 Å². The van der Waals surface area contributed by atoms with Crippen LogP contribution in [0.15, 0.2) is 48.7 Å². The summed E-state index contributed by atoms with van der Waals surface area (Å²) < 4.78 is 5.95. The van der Waals surface area contributed by atoms with E-state index < -0.39 is 0 Å². The third-order valence-corrected chi connectivity index (χ3v) is 4.53. The molecule has 0 saturated heterocycles. The van der Waals surface area contributed by atoms with Gasteiger partial charge < -0.3 is 4.74 Å². The van der Waals surface area contributed by atoms with Crippen molar-refractivity contribution in [2.45, 2.75) is 26.2 Å². The van der Waals surface area contributed by atoms with Crippen LogP contribution < -0.4 is 4.74 Å². The number of aromatic nitrogens is 2. The molecule has 26 heavy (non-hydrogen) atoms. The molecule has 0 radical (unpaired) electrons. The van der Waals surface area contributed by atoms with Crippen molar-refractivity contribution < 1.29 is 9.66 Å². The van der Waals surface area contributed by atoms with Gasteiger partial charge in [0.05, 0.1) is 4.92 Å². The predicted molar refractivity (Wildman–Crippen MR) is 97.4 cm³/mol. The lowest BCUT2D eigenvalue weighted by Gasteiger charge is -2.11. The summed E-state index contributed by atoms with van der Waals surface area (Å²) in [5, 5.41) is 11.4. The van der Waals surface area contributed by atoms with Gasteiger partial charge in [-0.15, -0.1) is 0 Å². The number of hydrogen-bond donors (Lipinski definition) is 0. The molecule has 0 fully saturated rings. The fourth-order valence-electron chi connectivity index (χ4n) is 3.26. The van der Waals surface area contributed by atoms with E-state index in [0.29, 0.717) is 17.3 Å². The van der Waals surface area contributed by atoms with Crippen LogP contribution in [-0.2, 0) is 12.8 Å². The van der Waals surface area contributed by atoms with Crippen LogP contribution in [0.25, 0.3) is 11.4 Å². The van der Waals surface area contributed by atoms with Crippen LogP contribution in [0.2, 0.25) is 0 Å². The molecule has 0 bridgehead atoms. The van der Waals surface area contributed by atoms with Gasteiger partial charge in [-0.3, -0.25) is 10.1 Å². The lowest BCUT2D eigenvalue weighted by Crippen LogP contribution is -1.98. The van der Waals surface area contributed by atoms with Crippen LogP contribution in [0.3, 0.4) is 0 Å². The zero-order chi connectivity index (χ0) is 18.1. The van der Waals surface area contributed by atoms with Crippen LogP contribution in [0.5, 0.6) is 11.5 Å². The molecule has 4 rings (SSSR count). The highest BCUT2D eigenvalue weighted by atomic mass is 16.6. The molecule has 0 saturated carbocycles. The summed E-state index contributed by atoms with van der Waals surface area (Å²) >= 11 is 0. The van der Waals surface area contributed by atoms with Crippen LogP contribution in [0, 0.1) is 17.0 Å². The van der Waals surface area contributed by atoms with Gasteiger partial charge in [-0.25, -0.2) is 9.97 Å². The smallest absolute Gasteiger partial charge is 0.311 e. The number of fused-ring (bicyclic) bond motifs is 1. The minimum absolute atomic E-state index is 0.0109. The van der Waals surface area contributed by atoms with Gasteiger partial charge in [0.2, 0.25) is 5.75 Å². The number of nitro benzene ring substituents is 1. The molecule has 1 aromatic heterocycles. The molecule has 1 aliphatic carbocycles. The van der Waals surface area contributed by atoms with E-state index in [4.69, 9.17) is 4.74 Å². The van der Waals surface area contributed by atoms with Crippen molar-refractivity contribution in [3.63, 3.8) is 0 Å². The Labute approximate surface area is 150 Å². The standard InChI is InChI=1S/C20H17N3O3/c1-13-11-12-21-20(22-13)15-5-8-16(9-6-15)26-19-17-4-2-3-14(17)7-10-18(19)23(24)25/h5-12H,2-4H2,1H3. The summed E-state index contributed by atoms with van der Waals surface area (Å²) in [6, 6.07) is 12.5. The maximum atomic E-state index is 11.4. The minimum atomic E-state index is -0.386. The molecule has 130 valence electrons. The van der Waals surface area contributed by atoms with E-state index in [0.717, 1.165) is 41.6 Å². The van der Waals surface area contributed by atoms with Crippen molar-refractivity contribution in [1.29, 1.82) is 0 Å². The van der Waals surface area contributed by atoms with Gasteiger partial charge in [0, 0.05) is 29.1 Å². The molecule has 6 heteroatoms. The van der Waals surface area contributed by atoms with E-state index in [1.54, 1.807) is 18.3 Å². The third kappa shape index (κ3) is 3.01. The van der Waals surface area contributed by atoms with Crippen molar-refractivity contribution in [2.75, 3.05) is 0 Å². The quantitative estimate of drug-likeness (QED) is 0.507. The molecule has 0 spiro atoms. The molecule has 0 atom stereocenters. The van der Waals surface area contributed by atoms with Crippen LogP contribution >= 0.6 is 0 Å². The maximum Gasteiger partial charge on any atom is 0.311 e. The Hall–Kier alpha value is -3.28. The molecule has 1 aliphatic rings. The number of rotatable bonds is 4. The molecule has 1 heterocycles. The fraction of sp³-hybridized carbons (Fsp3) is 0.200. The molecular formula is C20H17N3O3. The first kappa shape index (κ1) is 16.2. The van der Waals surface area contributed by atoms with Crippen molar-refractivity contribution in [1.82, 2.24) is 9.97 Å². The van der Waals surface area contributed by atoms with Crippen LogP contribution in [-0.4, -0.2) is 14.9 Å². The second-order valence-electron chi connectivity index (χ2n) is 6.31. The molecule has 0 unspecified atom stereocenters. The first-order chi connectivity index (χ1) is 12.6. The van der Waals surface area contributed by atoms with Gasteiger partial charge in [0.1, 0.15) is 5.75 Å². The summed E-state index contributed by atoms with van der Waals surface area (Å²) in [6.45, 7) is 1.91. The van der Waals surface area contributed by atoms with E-state index >= 15 is 0 Å². The third-order valence-electron chi connectivity index (χ3n) is 4.53. The molecule has 0 N–H and O–H groups in total. The Morgan fingerprint density at radius 1 is 1.08 bits per heavy atom. The van der Waals surface area contributed by atoms with Gasteiger partial charge in [-0.1, -0.05) is 6.07 Å². The number of benzene rings is 2. The summed E-state index contributed by atoms with van der Waals surface area (Å²) in [5.41, 5.74) is 3.86. The average Bonchev–Trinajstić information content (AvgIpc) is 3.11. The lowest BCUT2D eigenvalue weighted by atomic mass is 10.1. The van der Waals surface area contributed by atoms with E-state index in [1.165, 1.54) is 6.07 Å². The van der Waals surface area contributed by atoms with E-state index in [1.807, 2.05) is 31.2 Å². The molecule has 2 aromatic carbocycles. The lowest BCUT2D eigenvalue weighted by molar-refractivity contribution is -0.385. The summed E-state index contributed by atoms with van der Waals surface area (Å²) in [5.74, 6) is 1.57. The zero-order valence-corrected chi connectivity index (χ0v) is 14.3. The number of aryl methyl sites for hydroxylation is 2. The van der Waals surface area contributed by atoms with Crippen molar-refractivity contribution in [2.24, 2.45) is 0 Å². The second kappa shape index (κ2) is 6.55. The summed E-state index contributed by atoms with van der Waals surface area (Å²) in [4.78, 5) is 19.7. The first-order valence-corrected chi connectivity index (χ1v) is 8.49. The Bertz CT molecular complexity index is 984. The van der Waals surface area contributed by atoms with Crippen LogP contribution in [0.1, 0.15) is 23.2 Å². The van der Waals surface area contributed by atoms with Gasteiger partial charge >= 0.3 is 5.69 Å². The second-order valence-corrected chi connectivity index (χ2v) is 6.31. The highest BCUT2D eigenvalue weighted by Gasteiger charge is 2.25. The number of nitrogens with zero attached hydrogens (tertiary/aromatic N) is 3. The van der Waals surface area contributed by atoms with E-state index in [-0.39, 0.29) is 10.6 Å². The number of hydrogen-bond acceptors (Lipinski definition) is 5. The highest BCUT2D eigenvalue weighted by Crippen LogP contribution is 2.40. The van der Waals surface area contributed by atoms with Gasteiger partial charge in [0.15, 0.2) is 5.82 Å². The number of ether oxygens (including phenoxy) is 1. The Morgan fingerprint density at radius 2 is 1.88 bits per heavy atom. The van der Waals surface area contributed by atoms with Crippen LogP contribution in [0.4, 0.5) is 5.69 Å². The fourth-order valence-corrected chi connectivity index (χ4v) is 3.26. The highest BCUT2D eigenvalue weighted by molar-refractivity contribution is 5.60. The molecule has 3 aromatic rings. The Morgan fingerprint density at radius 3 is 2.62 bits per heavy atom. The monoisotopic (exact) mass is 347 g/mol.